The van der Waals surface area contributed by atoms with Crippen molar-refractivity contribution in [2.75, 3.05) is 7.05 Å². The van der Waals surface area contributed by atoms with Crippen molar-refractivity contribution in [1.82, 2.24) is 4.90 Å². The summed E-state index contributed by atoms with van der Waals surface area (Å²) in [4.78, 5) is 7.52. The second-order valence-electron chi connectivity index (χ2n) is 4.86. The number of phenolic OH excluding ortho intramolecular Hbond substituents is 1. The molecule has 0 spiro atoms. The molecule has 4 nitrogen and oxygen atoms in total. The monoisotopic (exact) mass is 234 g/mol. The van der Waals surface area contributed by atoms with Gasteiger partial charge in [0.2, 0.25) is 6.23 Å². The maximum absolute atomic E-state index is 9.86. The second-order valence-corrected chi connectivity index (χ2v) is 4.86. The molecule has 92 valence electrons. The topological polar surface area (TPSA) is 45.1 Å². The first-order valence-electron chi connectivity index (χ1n) is 5.66. The Morgan fingerprint density at radius 2 is 2.00 bits per heavy atom. The Morgan fingerprint density at radius 1 is 1.35 bits per heavy atom. The van der Waals surface area contributed by atoms with Crippen LogP contribution in [0.4, 0.5) is 0 Å². The van der Waals surface area contributed by atoms with Crippen LogP contribution in [-0.2, 0) is 4.84 Å². The van der Waals surface area contributed by atoms with E-state index in [2.05, 4.69) is 23.9 Å². The summed E-state index contributed by atoms with van der Waals surface area (Å²) in [7, 11) is 1.97. The number of nitrogens with zero attached hydrogens (tertiary/aromatic N) is 2. The lowest BCUT2D eigenvalue weighted by Gasteiger charge is -2.42. The number of para-hydroxylation sites is 1. The molecular weight excluding hydrogens is 216 g/mol. The average Bonchev–Trinajstić information content (AvgIpc) is 2.29. The molecule has 0 amide bonds. The highest BCUT2D eigenvalue weighted by Gasteiger charge is 2.39. The van der Waals surface area contributed by atoms with Gasteiger partial charge in [-0.1, -0.05) is 23.4 Å². The molecule has 0 radical (unpaired) electrons. The summed E-state index contributed by atoms with van der Waals surface area (Å²) in [5.74, 6) is 0.231. The Bertz CT molecular complexity index is 454. The molecule has 0 unspecified atom stereocenters. The van der Waals surface area contributed by atoms with Crippen LogP contribution in [0.2, 0.25) is 0 Å². The SMILES string of the molecule is CC1=NO[C@H](c2ccccc2O)N(C)C1(C)C. The normalized spacial score (nSPS) is 24.0. The number of hydrogen-bond acceptors (Lipinski definition) is 4. The Kier molecular flexibility index (Phi) is 2.83. The number of aromatic hydroxyl groups is 1. The molecule has 1 aromatic rings. The number of phenols is 1. The van der Waals surface area contributed by atoms with Gasteiger partial charge in [0.25, 0.3) is 0 Å². The quantitative estimate of drug-likeness (QED) is 0.812. The zero-order valence-corrected chi connectivity index (χ0v) is 10.6. The van der Waals surface area contributed by atoms with E-state index >= 15 is 0 Å². The summed E-state index contributed by atoms with van der Waals surface area (Å²) in [5.41, 5.74) is 1.47. The van der Waals surface area contributed by atoms with Crippen LogP contribution in [0.5, 0.6) is 5.75 Å². The van der Waals surface area contributed by atoms with Crippen LogP contribution in [0.15, 0.2) is 29.4 Å². The lowest BCUT2D eigenvalue weighted by molar-refractivity contribution is -0.0942. The van der Waals surface area contributed by atoms with Gasteiger partial charge < -0.3 is 9.94 Å². The zero-order chi connectivity index (χ0) is 12.6. The maximum atomic E-state index is 9.86. The van der Waals surface area contributed by atoms with Crippen molar-refractivity contribution in [3.63, 3.8) is 0 Å². The lowest BCUT2D eigenvalue weighted by atomic mass is 9.95. The molecule has 1 heterocycles. The smallest absolute Gasteiger partial charge is 0.211 e. The van der Waals surface area contributed by atoms with Crippen LogP contribution >= 0.6 is 0 Å². The molecule has 1 N–H and O–H groups in total. The highest BCUT2D eigenvalue weighted by Crippen LogP contribution is 2.36. The van der Waals surface area contributed by atoms with Gasteiger partial charge in [0.15, 0.2) is 0 Å². The minimum atomic E-state index is -0.352. The number of benzene rings is 1. The molecule has 4 heteroatoms. The molecule has 0 bridgehead atoms. The number of hydrogen-bond donors (Lipinski definition) is 1. The van der Waals surface area contributed by atoms with Gasteiger partial charge in [-0.3, -0.25) is 4.90 Å². The molecule has 0 aromatic heterocycles. The van der Waals surface area contributed by atoms with Crippen molar-refractivity contribution in [3.8, 4) is 5.75 Å². The largest absolute Gasteiger partial charge is 0.507 e. The fourth-order valence-corrected chi connectivity index (χ4v) is 1.82. The van der Waals surface area contributed by atoms with Gasteiger partial charge >= 0.3 is 0 Å². The molecular formula is C13H18N2O2. The maximum Gasteiger partial charge on any atom is 0.211 e. The average molecular weight is 234 g/mol. The molecule has 1 aliphatic heterocycles. The summed E-state index contributed by atoms with van der Waals surface area (Å²) < 4.78 is 0. The van der Waals surface area contributed by atoms with E-state index in [0.29, 0.717) is 0 Å². The third-order valence-corrected chi connectivity index (χ3v) is 3.61. The van der Waals surface area contributed by atoms with E-state index in [-0.39, 0.29) is 17.5 Å². The van der Waals surface area contributed by atoms with Gasteiger partial charge in [0, 0.05) is 0 Å². The van der Waals surface area contributed by atoms with E-state index in [1.807, 2.05) is 26.1 Å². The third-order valence-electron chi connectivity index (χ3n) is 3.61. The molecule has 1 atom stereocenters. The fraction of sp³-hybridized carbons (Fsp3) is 0.462. The van der Waals surface area contributed by atoms with E-state index in [4.69, 9.17) is 4.84 Å². The van der Waals surface area contributed by atoms with Crippen molar-refractivity contribution in [2.45, 2.75) is 32.5 Å². The van der Waals surface area contributed by atoms with Crippen molar-refractivity contribution in [1.29, 1.82) is 0 Å². The Hall–Kier alpha value is -1.55. The van der Waals surface area contributed by atoms with Gasteiger partial charge in [-0.15, -0.1) is 0 Å². The standard InChI is InChI=1S/C13H18N2O2/c1-9-13(2,3)15(4)12(17-14-9)10-7-5-6-8-11(10)16/h5-8,12,16H,1-4H3/t12-/m1/s1. The van der Waals surface area contributed by atoms with Crippen LogP contribution < -0.4 is 0 Å². The molecule has 17 heavy (non-hydrogen) atoms. The minimum Gasteiger partial charge on any atom is -0.507 e. The number of oxime groups is 1. The van der Waals surface area contributed by atoms with E-state index in [1.54, 1.807) is 12.1 Å². The van der Waals surface area contributed by atoms with Gasteiger partial charge in [-0.05, 0) is 33.9 Å². The molecule has 0 fully saturated rings. The Labute approximate surface area is 101 Å². The summed E-state index contributed by atoms with van der Waals surface area (Å²) in [6, 6.07) is 7.18. The first-order valence-corrected chi connectivity index (χ1v) is 5.66. The van der Waals surface area contributed by atoms with E-state index < -0.39 is 0 Å². The molecule has 0 saturated carbocycles. The van der Waals surface area contributed by atoms with Crippen LogP contribution in [0, 0.1) is 0 Å². The predicted octanol–water partition coefficient (Wildman–Crippen LogP) is 2.51. The highest BCUT2D eigenvalue weighted by molar-refractivity contribution is 5.90. The molecule has 1 aromatic carbocycles. The Morgan fingerprint density at radius 3 is 2.65 bits per heavy atom. The fourth-order valence-electron chi connectivity index (χ4n) is 1.82. The molecule has 0 aliphatic carbocycles. The first kappa shape index (κ1) is 11.9. The van der Waals surface area contributed by atoms with Gasteiger partial charge in [-0.2, -0.15) is 0 Å². The summed E-state index contributed by atoms with van der Waals surface area (Å²) in [6.07, 6.45) is -0.352. The van der Waals surface area contributed by atoms with Crippen LogP contribution in [0.3, 0.4) is 0 Å². The Balaban J connectivity index is 2.40. The van der Waals surface area contributed by atoms with E-state index in [9.17, 15) is 5.11 Å². The second kappa shape index (κ2) is 4.04. The van der Waals surface area contributed by atoms with Crippen molar-refractivity contribution in [2.24, 2.45) is 5.16 Å². The van der Waals surface area contributed by atoms with Crippen molar-refractivity contribution in [3.05, 3.63) is 29.8 Å². The summed E-state index contributed by atoms with van der Waals surface area (Å²) >= 11 is 0. The van der Waals surface area contributed by atoms with E-state index in [1.165, 1.54) is 0 Å². The zero-order valence-electron chi connectivity index (χ0n) is 10.6. The predicted molar refractivity (Wildman–Crippen MR) is 66.9 cm³/mol. The lowest BCUT2D eigenvalue weighted by Crippen LogP contribution is -2.51. The third kappa shape index (κ3) is 1.89. The van der Waals surface area contributed by atoms with Crippen LogP contribution in [-0.4, -0.2) is 28.3 Å². The van der Waals surface area contributed by atoms with Gasteiger partial charge in [0.05, 0.1) is 16.8 Å². The van der Waals surface area contributed by atoms with Crippen LogP contribution in [0.25, 0.3) is 0 Å². The molecule has 1 aliphatic rings. The minimum absolute atomic E-state index is 0.189. The molecule has 2 rings (SSSR count). The van der Waals surface area contributed by atoms with Gasteiger partial charge in [-0.25, -0.2) is 0 Å². The van der Waals surface area contributed by atoms with Gasteiger partial charge in [0.1, 0.15) is 5.75 Å². The molecule has 0 saturated heterocycles. The van der Waals surface area contributed by atoms with Crippen molar-refractivity contribution >= 4 is 5.71 Å². The highest BCUT2D eigenvalue weighted by atomic mass is 16.7. The summed E-state index contributed by atoms with van der Waals surface area (Å²) in [6.45, 7) is 6.11. The van der Waals surface area contributed by atoms with Crippen molar-refractivity contribution < 1.29 is 9.94 Å². The first-order chi connectivity index (χ1) is 7.94. The number of rotatable bonds is 1. The summed E-state index contributed by atoms with van der Waals surface area (Å²) in [5, 5.41) is 14.0. The van der Waals surface area contributed by atoms with Crippen LogP contribution in [0.1, 0.15) is 32.6 Å². The van der Waals surface area contributed by atoms with E-state index in [0.717, 1.165) is 11.3 Å².